The summed E-state index contributed by atoms with van der Waals surface area (Å²) < 4.78 is 64.9. The molecular weight excluding hydrogens is 392 g/mol. The summed E-state index contributed by atoms with van der Waals surface area (Å²) in [5.41, 5.74) is 1.25. The lowest BCUT2D eigenvalue weighted by atomic mass is 9.94. The van der Waals surface area contributed by atoms with Crippen LogP contribution in [-0.4, -0.2) is 12.7 Å². The van der Waals surface area contributed by atoms with E-state index in [4.69, 9.17) is 4.74 Å². The van der Waals surface area contributed by atoms with Gasteiger partial charge in [-0.25, -0.2) is 17.6 Å². The molecule has 0 N–H and O–H groups in total. The van der Waals surface area contributed by atoms with Crippen LogP contribution in [0.2, 0.25) is 0 Å². The predicted molar refractivity (Wildman–Crippen MR) is 109 cm³/mol. The van der Waals surface area contributed by atoms with Crippen molar-refractivity contribution in [2.45, 2.75) is 58.0 Å². The number of ether oxygens (including phenoxy) is 1. The number of hydrogen-bond donors (Lipinski definition) is 0. The van der Waals surface area contributed by atoms with Gasteiger partial charge in [-0.15, -0.1) is 6.58 Å². The van der Waals surface area contributed by atoms with Gasteiger partial charge in [0.25, 0.3) is 0 Å². The topological polar surface area (TPSA) is 9.23 Å². The summed E-state index contributed by atoms with van der Waals surface area (Å²) in [4.78, 5) is 0. The standard InChI is InChI=1S/C25H26F4O/c1-3-4-5-15-10-17-12-18-11-16(7-9-19-8-6-14(2)13-30-19)23(27)25(29)21(18)20(17)24(28)22(15)26/h3,10-11,14,19H,1,4-9,12-13H2,2H3. The van der Waals surface area contributed by atoms with Gasteiger partial charge in [-0.1, -0.05) is 25.1 Å². The molecule has 0 amide bonds. The SMILES string of the molecule is C=CCCc1cc2c(c(F)c1F)-c1c(cc(CCC3CCC(C)CO3)c(F)c1F)C2. The molecule has 0 bridgehead atoms. The molecule has 30 heavy (non-hydrogen) atoms. The third-order valence-corrected chi connectivity index (χ3v) is 6.31. The molecule has 1 aliphatic carbocycles. The minimum Gasteiger partial charge on any atom is -0.378 e. The molecule has 1 aliphatic heterocycles. The zero-order valence-corrected chi connectivity index (χ0v) is 17.2. The lowest BCUT2D eigenvalue weighted by Gasteiger charge is -2.27. The van der Waals surface area contributed by atoms with E-state index in [1.54, 1.807) is 18.2 Å². The van der Waals surface area contributed by atoms with Gasteiger partial charge in [-0.2, -0.15) is 0 Å². The molecule has 2 aromatic carbocycles. The van der Waals surface area contributed by atoms with Crippen LogP contribution in [0.3, 0.4) is 0 Å². The van der Waals surface area contributed by atoms with Crippen LogP contribution in [-0.2, 0) is 24.0 Å². The molecule has 160 valence electrons. The fourth-order valence-corrected chi connectivity index (χ4v) is 4.60. The molecular formula is C25H26F4O. The number of hydrogen-bond acceptors (Lipinski definition) is 1. The van der Waals surface area contributed by atoms with Crippen LogP contribution in [0.15, 0.2) is 24.8 Å². The Morgan fingerprint density at radius 2 is 1.53 bits per heavy atom. The molecule has 1 nitrogen and oxygen atoms in total. The lowest BCUT2D eigenvalue weighted by Crippen LogP contribution is -2.24. The third kappa shape index (κ3) is 3.80. The van der Waals surface area contributed by atoms with Crippen LogP contribution in [0.4, 0.5) is 17.6 Å². The summed E-state index contributed by atoms with van der Waals surface area (Å²) in [6.45, 7) is 6.43. The molecule has 2 aromatic rings. The zero-order chi connectivity index (χ0) is 21.4. The second-order valence-corrected chi connectivity index (χ2v) is 8.58. The van der Waals surface area contributed by atoms with E-state index in [0.717, 1.165) is 12.8 Å². The Morgan fingerprint density at radius 3 is 2.07 bits per heavy atom. The summed E-state index contributed by atoms with van der Waals surface area (Å²) in [6, 6.07) is 3.19. The monoisotopic (exact) mass is 418 g/mol. The van der Waals surface area contributed by atoms with Gasteiger partial charge in [0.15, 0.2) is 23.3 Å². The first-order chi connectivity index (χ1) is 14.4. The molecule has 1 heterocycles. The first-order valence-corrected chi connectivity index (χ1v) is 10.6. The highest BCUT2D eigenvalue weighted by atomic mass is 19.2. The average molecular weight is 418 g/mol. The number of fused-ring (bicyclic) bond motifs is 3. The predicted octanol–water partition coefficient (Wildman–Crippen LogP) is 6.68. The van der Waals surface area contributed by atoms with Gasteiger partial charge in [0.1, 0.15) is 0 Å². The molecule has 1 fully saturated rings. The fourth-order valence-electron chi connectivity index (χ4n) is 4.60. The Hall–Kier alpha value is -2.14. The van der Waals surface area contributed by atoms with E-state index in [-0.39, 0.29) is 34.8 Å². The molecule has 0 radical (unpaired) electrons. The van der Waals surface area contributed by atoms with Crippen molar-refractivity contribution in [3.63, 3.8) is 0 Å². The summed E-state index contributed by atoms with van der Waals surface area (Å²) in [6.07, 6.45) is 5.74. The van der Waals surface area contributed by atoms with Crippen LogP contribution in [0, 0.1) is 29.2 Å². The molecule has 2 aliphatic rings. The quantitative estimate of drug-likeness (QED) is 0.320. The highest BCUT2D eigenvalue weighted by Gasteiger charge is 2.32. The van der Waals surface area contributed by atoms with Crippen LogP contribution in [0.1, 0.15) is 54.9 Å². The summed E-state index contributed by atoms with van der Waals surface area (Å²) in [5.74, 6) is -3.62. The van der Waals surface area contributed by atoms with Crippen molar-refractivity contribution in [2.24, 2.45) is 5.92 Å². The first kappa shape index (κ1) is 21.1. The van der Waals surface area contributed by atoms with Crippen molar-refractivity contribution < 1.29 is 22.3 Å². The van der Waals surface area contributed by atoms with E-state index < -0.39 is 23.3 Å². The zero-order valence-electron chi connectivity index (χ0n) is 17.2. The largest absolute Gasteiger partial charge is 0.378 e. The smallest absolute Gasteiger partial charge is 0.167 e. The van der Waals surface area contributed by atoms with E-state index in [1.165, 1.54) is 0 Å². The third-order valence-electron chi connectivity index (χ3n) is 6.31. The van der Waals surface area contributed by atoms with Crippen molar-refractivity contribution in [1.82, 2.24) is 0 Å². The normalized spacial score (nSPS) is 20.2. The molecule has 2 atom stereocenters. The maximum atomic E-state index is 15.0. The van der Waals surface area contributed by atoms with Gasteiger partial charge in [-0.3, -0.25) is 0 Å². The van der Waals surface area contributed by atoms with Crippen molar-refractivity contribution in [3.8, 4) is 11.1 Å². The summed E-state index contributed by atoms with van der Waals surface area (Å²) in [7, 11) is 0. The summed E-state index contributed by atoms with van der Waals surface area (Å²) >= 11 is 0. The highest BCUT2D eigenvalue weighted by molar-refractivity contribution is 5.79. The van der Waals surface area contributed by atoms with Gasteiger partial charge in [0.05, 0.1) is 6.10 Å². The number of halogens is 4. The van der Waals surface area contributed by atoms with Crippen LogP contribution >= 0.6 is 0 Å². The van der Waals surface area contributed by atoms with Crippen molar-refractivity contribution >= 4 is 0 Å². The van der Waals surface area contributed by atoms with Crippen molar-refractivity contribution in [2.75, 3.05) is 6.61 Å². The minimum atomic E-state index is -1.10. The molecule has 4 rings (SSSR count). The number of rotatable bonds is 6. The Kier molecular flexibility index (Phi) is 6.01. The maximum Gasteiger partial charge on any atom is 0.167 e. The Bertz CT molecular complexity index is 974. The minimum absolute atomic E-state index is 0.0491. The molecule has 0 aromatic heterocycles. The Morgan fingerprint density at radius 1 is 0.933 bits per heavy atom. The molecule has 2 unspecified atom stereocenters. The van der Waals surface area contributed by atoms with Gasteiger partial charge < -0.3 is 4.74 Å². The number of benzene rings is 2. The molecule has 0 saturated carbocycles. The Labute approximate surface area is 174 Å². The Balaban J connectivity index is 1.62. The number of allylic oxidation sites excluding steroid dienone is 1. The van der Waals surface area contributed by atoms with Crippen molar-refractivity contribution in [3.05, 3.63) is 70.3 Å². The second kappa shape index (κ2) is 8.54. The molecule has 0 spiro atoms. The van der Waals surface area contributed by atoms with Gasteiger partial charge in [-0.05, 0) is 73.1 Å². The van der Waals surface area contributed by atoms with E-state index in [1.807, 2.05) is 0 Å². The van der Waals surface area contributed by atoms with E-state index in [0.29, 0.717) is 49.3 Å². The van der Waals surface area contributed by atoms with Gasteiger partial charge in [0, 0.05) is 17.7 Å². The number of aryl methyl sites for hydroxylation is 2. The van der Waals surface area contributed by atoms with Crippen LogP contribution in [0.25, 0.3) is 11.1 Å². The molecule has 5 heteroatoms. The molecule has 1 saturated heterocycles. The second-order valence-electron chi connectivity index (χ2n) is 8.58. The fraction of sp³-hybridized carbons (Fsp3) is 0.440. The average Bonchev–Trinajstić information content (AvgIpc) is 3.10. The van der Waals surface area contributed by atoms with Gasteiger partial charge >= 0.3 is 0 Å². The van der Waals surface area contributed by atoms with Crippen molar-refractivity contribution in [1.29, 1.82) is 0 Å². The summed E-state index contributed by atoms with van der Waals surface area (Å²) in [5, 5.41) is 0. The van der Waals surface area contributed by atoms with Crippen LogP contribution in [0.5, 0.6) is 0 Å². The maximum absolute atomic E-state index is 15.0. The van der Waals surface area contributed by atoms with E-state index in [9.17, 15) is 17.6 Å². The lowest BCUT2D eigenvalue weighted by molar-refractivity contribution is -0.0148. The van der Waals surface area contributed by atoms with E-state index >= 15 is 0 Å². The van der Waals surface area contributed by atoms with Gasteiger partial charge in [0.2, 0.25) is 0 Å². The first-order valence-electron chi connectivity index (χ1n) is 10.6. The van der Waals surface area contributed by atoms with Crippen LogP contribution < -0.4 is 0 Å². The van der Waals surface area contributed by atoms with E-state index in [2.05, 4.69) is 13.5 Å². The highest BCUT2D eigenvalue weighted by Crippen LogP contribution is 2.43.